The maximum absolute atomic E-state index is 14.0. The van der Waals surface area contributed by atoms with E-state index in [4.69, 9.17) is 0 Å². The Hall–Kier alpha value is 0.0500. The molecule has 0 spiro atoms. The van der Waals surface area contributed by atoms with Gasteiger partial charge in [-0.15, -0.1) is 0 Å². The predicted octanol–water partition coefficient (Wildman–Crippen LogP) is 5.62. The van der Waals surface area contributed by atoms with Gasteiger partial charge < -0.3 is 0 Å². The van der Waals surface area contributed by atoms with Crippen LogP contribution in [-0.4, -0.2) is 18.3 Å². The molecule has 0 aliphatic heterocycles. The summed E-state index contributed by atoms with van der Waals surface area (Å²) in [6.07, 6.45) is -13.2. The molecule has 0 saturated carbocycles. The molecule has 1 atom stereocenters. The first-order valence-corrected chi connectivity index (χ1v) is 6.89. The molecule has 0 N–H and O–H groups in total. The fourth-order valence-corrected chi connectivity index (χ4v) is 3.19. The Labute approximate surface area is 139 Å². The van der Waals surface area contributed by atoms with Crippen LogP contribution >= 0.6 is 45.2 Å². The third-order valence-electron chi connectivity index (χ3n) is 2.38. The molecule has 21 heavy (non-hydrogen) atoms. The van der Waals surface area contributed by atoms with E-state index < -0.39 is 29.5 Å². The summed E-state index contributed by atoms with van der Waals surface area (Å²) in [5.74, 6) is -6.65. The summed E-state index contributed by atoms with van der Waals surface area (Å²) in [6.45, 7) is 0. The van der Waals surface area contributed by atoms with E-state index in [9.17, 15) is 39.5 Å². The molecule has 1 rings (SSSR count). The molecule has 1 radical (unpaired) electrons. The highest BCUT2D eigenvalue weighted by molar-refractivity contribution is 14.1. The van der Waals surface area contributed by atoms with E-state index in [2.05, 4.69) is 6.07 Å². The molecule has 1 aromatic carbocycles. The molecule has 0 fully saturated rings. The number of benzene rings is 1. The van der Waals surface area contributed by atoms with Crippen LogP contribution in [0.1, 0.15) is 5.56 Å². The Balaban J connectivity index is 3.71. The Bertz CT molecular complexity index is 514. The Morgan fingerprint density at radius 3 is 1.38 bits per heavy atom. The average Bonchev–Trinajstić information content (AvgIpc) is 2.22. The minimum atomic E-state index is -6.71. The first-order valence-electron chi connectivity index (χ1n) is 4.73. The van der Waals surface area contributed by atoms with Crippen molar-refractivity contribution in [2.75, 3.05) is 0 Å². The SMILES string of the molecule is FC(F)(F)C(F)(F)C(F)(c1cc(I)[c]c(I)c1)C(F)(F)F. The zero-order valence-electron chi connectivity index (χ0n) is 9.31. The van der Waals surface area contributed by atoms with E-state index in [1.807, 2.05) is 0 Å². The van der Waals surface area contributed by atoms with Gasteiger partial charge in [-0.2, -0.15) is 35.1 Å². The first-order chi connectivity index (χ1) is 9.14. The third-order valence-corrected chi connectivity index (χ3v) is 3.54. The van der Waals surface area contributed by atoms with Crippen molar-refractivity contribution in [1.82, 2.24) is 0 Å². The van der Waals surface area contributed by atoms with Gasteiger partial charge in [-0.25, -0.2) is 4.39 Å². The Morgan fingerprint density at radius 1 is 0.714 bits per heavy atom. The molecule has 11 heteroatoms. The normalized spacial score (nSPS) is 16.7. The van der Waals surface area contributed by atoms with Crippen LogP contribution in [0.3, 0.4) is 0 Å². The van der Waals surface area contributed by atoms with Crippen LogP contribution in [0.15, 0.2) is 12.1 Å². The lowest BCUT2D eigenvalue weighted by molar-refractivity contribution is -0.389. The smallest absolute Gasteiger partial charge is 0.221 e. The van der Waals surface area contributed by atoms with Crippen molar-refractivity contribution in [3.05, 3.63) is 30.9 Å². The second kappa shape index (κ2) is 5.60. The minimum Gasteiger partial charge on any atom is -0.221 e. The van der Waals surface area contributed by atoms with Crippen molar-refractivity contribution in [1.29, 1.82) is 0 Å². The number of hydrogen-bond acceptors (Lipinski definition) is 0. The molecule has 0 saturated heterocycles. The van der Waals surface area contributed by atoms with Gasteiger partial charge >= 0.3 is 23.9 Å². The second-order valence-corrected chi connectivity index (χ2v) is 6.12. The van der Waals surface area contributed by atoms with E-state index >= 15 is 0 Å². The van der Waals surface area contributed by atoms with Gasteiger partial charge in [0.2, 0.25) is 0 Å². The monoisotopic (exact) mass is 547 g/mol. The van der Waals surface area contributed by atoms with Crippen molar-refractivity contribution >= 4 is 45.2 Å². The third kappa shape index (κ3) is 3.22. The van der Waals surface area contributed by atoms with Crippen molar-refractivity contribution in [3.63, 3.8) is 0 Å². The molecule has 0 heterocycles. The molecule has 0 aliphatic rings. The van der Waals surface area contributed by atoms with Crippen LogP contribution < -0.4 is 0 Å². The topological polar surface area (TPSA) is 0 Å². The maximum atomic E-state index is 14.0. The number of hydrogen-bond donors (Lipinski definition) is 0. The lowest BCUT2D eigenvalue weighted by Crippen LogP contribution is -2.59. The molecule has 0 amide bonds. The second-order valence-electron chi connectivity index (χ2n) is 3.79. The van der Waals surface area contributed by atoms with Crippen LogP contribution in [0.4, 0.5) is 39.5 Å². The fraction of sp³-hybridized carbons (Fsp3) is 0.400. The molecule has 1 unspecified atom stereocenters. The minimum absolute atomic E-state index is 0.237. The van der Waals surface area contributed by atoms with Crippen LogP contribution in [0.25, 0.3) is 0 Å². The van der Waals surface area contributed by atoms with Gasteiger partial charge in [0, 0.05) is 18.8 Å². The van der Waals surface area contributed by atoms with E-state index in [1.165, 1.54) is 45.2 Å². The molecule has 0 bridgehead atoms. The van der Waals surface area contributed by atoms with Gasteiger partial charge in [0.25, 0.3) is 0 Å². The molecule has 119 valence electrons. The van der Waals surface area contributed by atoms with Gasteiger partial charge in [0.1, 0.15) is 0 Å². The lowest BCUT2D eigenvalue weighted by Gasteiger charge is -2.36. The molecular formula is C10H2F9I2. The Kier molecular flexibility index (Phi) is 5.09. The number of halogens is 11. The van der Waals surface area contributed by atoms with Gasteiger partial charge in [0.15, 0.2) is 0 Å². The quantitative estimate of drug-likeness (QED) is 0.334. The molecule has 0 aromatic heterocycles. The van der Waals surface area contributed by atoms with Gasteiger partial charge in [-0.3, -0.25) is 0 Å². The summed E-state index contributed by atoms with van der Waals surface area (Å²) >= 11 is 2.66. The summed E-state index contributed by atoms with van der Waals surface area (Å²) in [5.41, 5.74) is -7.72. The standard InChI is InChI=1S/C10H2F9I2/c11-7(9(14,15)16,8(12,13)10(17,18)19)4-1-5(20)3-6(21)2-4/h1-2H. The van der Waals surface area contributed by atoms with Crippen LogP contribution in [0.2, 0.25) is 0 Å². The van der Waals surface area contributed by atoms with E-state index in [0.717, 1.165) is 0 Å². The van der Waals surface area contributed by atoms with Crippen LogP contribution in [0.5, 0.6) is 0 Å². The number of rotatable bonds is 2. The summed E-state index contributed by atoms with van der Waals surface area (Å²) in [6, 6.07) is 2.83. The summed E-state index contributed by atoms with van der Waals surface area (Å²) in [4.78, 5) is 0. The summed E-state index contributed by atoms with van der Waals surface area (Å²) in [7, 11) is 0. The average molecular weight is 547 g/mol. The highest BCUT2D eigenvalue weighted by atomic mass is 127. The lowest BCUT2D eigenvalue weighted by atomic mass is 9.88. The summed E-state index contributed by atoms with van der Waals surface area (Å²) in [5, 5.41) is 0. The highest BCUT2D eigenvalue weighted by Crippen LogP contribution is 2.58. The van der Waals surface area contributed by atoms with E-state index in [0.29, 0.717) is 0 Å². The largest absolute Gasteiger partial charge is 0.457 e. The molecule has 0 aliphatic carbocycles. The summed E-state index contributed by atoms with van der Waals surface area (Å²) < 4.78 is 115. The fourth-order valence-electron chi connectivity index (χ4n) is 1.42. The zero-order chi connectivity index (χ0) is 16.9. The van der Waals surface area contributed by atoms with Crippen molar-refractivity contribution in [2.45, 2.75) is 23.9 Å². The van der Waals surface area contributed by atoms with Gasteiger partial charge in [-0.1, -0.05) is 0 Å². The van der Waals surface area contributed by atoms with Gasteiger partial charge in [0.05, 0.1) is 0 Å². The molecule has 1 aromatic rings. The molecular weight excluding hydrogens is 545 g/mol. The zero-order valence-corrected chi connectivity index (χ0v) is 13.6. The van der Waals surface area contributed by atoms with E-state index in [-0.39, 0.29) is 19.3 Å². The van der Waals surface area contributed by atoms with E-state index in [1.54, 1.807) is 0 Å². The Morgan fingerprint density at radius 2 is 1.10 bits per heavy atom. The van der Waals surface area contributed by atoms with Crippen molar-refractivity contribution in [2.24, 2.45) is 0 Å². The highest BCUT2D eigenvalue weighted by Gasteiger charge is 2.81. The van der Waals surface area contributed by atoms with Crippen LogP contribution in [0, 0.1) is 13.2 Å². The number of alkyl halides is 9. The molecule has 0 nitrogen and oxygen atoms in total. The van der Waals surface area contributed by atoms with Crippen molar-refractivity contribution in [3.8, 4) is 0 Å². The maximum Gasteiger partial charge on any atom is 0.457 e. The predicted molar refractivity (Wildman–Crippen MR) is 70.6 cm³/mol. The van der Waals surface area contributed by atoms with Crippen LogP contribution in [-0.2, 0) is 5.67 Å². The van der Waals surface area contributed by atoms with Crippen molar-refractivity contribution < 1.29 is 39.5 Å². The van der Waals surface area contributed by atoms with Gasteiger partial charge in [-0.05, 0) is 57.3 Å². The first kappa shape index (κ1) is 19.1.